The van der Waals surface area contributed by atoms with Gasteiger partial charge in [-0.05, 0) is 42.1 Å². The minimum Gasteiger partial charge on any atom is -0.506 e. The molecule has 0 aliphatic heterocycles. The lowest BCUT2D eigenvalue weighted by Gasteiger charge is -2.13. The van der Waals surface area contributed by atoms with Gasteiger partial charge in [-0.15, -0.1) is 5.11 Å². The summed E-state index contributed by atoms with van der Waals surface area (Å²) in [6.07, 6.45) is -0.255. The van der Waals surface area contributed by atoms with E-state index in [2.05, 4.69) is 10.2 Å². The molecule has 1 atom stereocenters. The van der Waals surface area contributed by atoms with Gasteiger partial charge < -0.3 is 15.3 Å². The molecule has 0 saturated heterocycles. The van der Waals surface area contributed by atoms with Crippen LogP contribution < -0.4 is 4.72 Å². The molecule has 4 N–H and O–H groups in total. The second-order valence-corrected chi connectivity index (χ2v) is 8.09. The third-order valence-electron chi connectivity index (χ3n) is 4.31. The number of phenols is 1. The molecule has 10 heteroatoms. The highest BCUT2D eigenvalue weighted by molar-refractivity contribution is 7.89. The van der Waals surface area contributed by atoms with Gasteiger partial charge in [0.2, 0.25) is 10.0 Å². The highest BCUT2D eigenvalue weighted by atomic mass is 32.2. The van der Waals surface area contributed by atoms with Crippen molar-refractivity contribution in [1.29, 1.82) is 0 Å². The molecular formula is C20H19N3O6S. The number of fused-ring (bicyclic) bond motifs is 1. The fourth-order valence-electron chi connectivity index (χ4n) is 2.77. The first-order valence-electron chi connectivity index (χ1n) is 8.90. The van der Waals surface area contributed by atoms with Gasteiger partial charge in [-0.25, -0.2) is 8.42 Å². The molecule has 0 aromatic heterocycles. The molecule has 0 radical (unpaired) electrons. The standard InChI is InChI=1S/C20H19N3O6S/c24-12-11-17(20(26)27)23-30(28,29)15-8-6-14(7-9-15)21-22-19-16-4-2-1-3-13(16)5-10-18(19)25/h1-10,17,23-25H,11-12H2,(H,26,27). The monoisotopic (exact) mass is 429 g/mol. The van der Waals surface area contributed by atoms with Crippen molar-refractivity contribution in [3.8, 4) is 5.75 Å². The van der Waals surface area contributed by atoms with Crippen LogP contribution in [0.4, 0.5) is 11.4 Å². The molecule has 0 amide bonds. The summed E-state index contributed by atoms with van der Waals surface area (Å²) in [6.45, 7) is -0.472. The van der Waals surface area contributed by atoms with Gasteiger partial charge in [-0.3, -0.25) is 4.79 Å². The van der Waals surface area contributed by atoms with Gasteiger partial charge in [-0.1, -0.05) is 30.3 Å². The summed E-state index contributed by atoms with van der Waals surface area (Å²) in [5.74, 6) is -1.42. The van der Waals surface area contributed by atoms with Crippen molar-refractivity contribution in [3.63, 3.8) is 0 Å². The highest BCUT2D eigenvalue weighted by Gasteiger charge is 2.24. The average Bonchev–Trinajstić information content (AvgIpc) is 2.73. The normalized spacial score (nSPS) is 13.0. The van der Waals surface area contributed by atoms with E-state index in [1.165, 1.54) is 30.3 Å². The Morgan fingerprint density at radius 2 is 1.70 bits per heavy atom. The number of nitrogens with one attached hydrogen (secondary N) is 1. The molecule has 3 aromatic rings. The van der Waals surface area contributed by atoms with Crippen LogP contribution in [0.2, 0.25) is 0 Å². The third-order valence-corrected chi connectivity index (χ3v) is 5.79. The largest absolute Gasteiger partial charge is 0.506 e. The molecule has 0 saturated carbocycles. The Balaban J connectivity index is 1.83. The van der Waals surface area contributed by atoms with E-state index >= 15 is 0 Å². The molecule has 0 fully saturated rings. The van der Waals surface area contributed by atoms with Crippen LogP contribution in [0.25, 0.3) is 10.8 Å². The first-order valence-corrected chi connectivity index (χ1v) is 10.4. The average molecular weight is 429 g/mol. The summed E-state index contributed by atoms with van der Waals surface area (Å²) in [4.78, 5) is 11.0. The van der Waals surface area contributed by atoms with Crippen LogP contribution in [0.1, 0.15) is 6.42 Å². The molecule has 0 aliphatic rings. The lowest BCUT2D eigenvalue weighted by atomic mass is 10.1. The Kier molecular flexibility index (Phi) is 6.40. The number of hydrogen-bond acceptors (Lipinski definition) is 7. The van der Waals surface area contributed by atoms with Crippen molar-refractivity contribution in [3.05, 3.63) is 60.7 Å². The lowest BCUT2D eigenvalue weighted by Crippen LogP contribution is -2.41. The molecule has 3 aromatic carbocycles. The number of phenolic OH excluding ortho intramolecular Hbond substituents is 1. The number of sulfonamides is 1. The quantitative estimate of drug-likeness (QED) is 0.404. The van der Waals surface area contributed by atoms with Crippen molar-refractivity contribution in [1.82, 2.24) is 4.72 Å². The Labute approximate surface area is 172 Å². The number of hydrogen-bond donors (Lipinski definition) is 4. The number of aliphatic hydroxyl groups excluding tert-OH is 1. The van der Waals surface area contributed by atoms with Gasteiger partial charge in [0.25, 0.3) is 0 Å². The summed E-state index contributed by atoms with van der Waals surface area (Å²) in [5.41, 5.74) is 0.631. The van der Waals surface area contributed by atoms with Gasteiger partial charge in [0.15, 0.2) is 0 Å². The van der Waals surface area contributed by atoms with Gasteiger partial charge in [0.05, 0.1) is 10.6 Å². The summed E-state index contributed by atoms with van der Waals surface area (Å²) >= 11 is 0. The van der Waals surface area contributed by atoms with E-state index in [1.54, 1.807) is 12.1 Å². The van der Waals surface area contributed by atoms with Crippen LogP contribution in [-0.4, -0.2) is 42.4 Å². The number of benzene rings is 3. The summed E-state index contributed by atoms with van der Waals surface area (Å²) in [7, 11) is -4.10. The molecule has 1 unspecified atom stereocenters. The summed E-state index contributed by atoms with van der Waals surface area (Å²) < 4.78 is 26.8. The number of aliphatic hydroxyl groups is 1. The maximum Gasteiger partial charge on any atom is 0.321 e. The van der Waals surface area contributed by atoms with E-state index in [1.807, 2.05) is 22.9 Å². The molecule has 0 heterocycles. The third kappa shape index (κ3) is 4.79. The number of carboxylic acid groups (broad SMARTS) is 1. The fourth-order valence-corrected chi connectivity index (χ4v) is 3.99. The second-order valence-electron chi connectivity index (χ2n) is 6.37. The fraction of sp³-hybridized carbons (Fsp3) is 0.150. The number of azo groups is 1. The zero-order valence-corrected chi connectivity index (χ0v) is 16.5. The zero-order valence-electron chi connectivity index (χ0n) is 15.6. The van der Waals surface area contributed by atoms with E-state index < -0.39 is 28.6 Å². The van der Waals surface area contributed by atoms with Crippen LogP contribution in [0.5, 0.6) is 5.75 Å². The second kappa shape index (κ2) is 8.99. The van der Waals surface area contributed by atoms with E-state index in [9.17, 15) is 18.3 Å². The molecule has 0 bridgehead atoms. The predicted molar refractivity (Wildman–Crippen MR) is 110 cm³/mol. The molecule has 0 spiro atoms. The predicted octanol–water partition coefficient (Wildman–Crippen LogP) is 3.07. The smallest absolute Gasteiger partial charge is 0.321 e. The van der Waals surface area contributed by atoms with Gasteiger partial charge in [0, 0.05) is 12.0 Å². The number of aliphatic carboxylic acids is 1. The van der Waals surface area contributed by atoms with Gasteiger partial charge >= 0.3 is 5.97 Å². The van der Waals surface area contributed by atoms with Gasteiger partial charge in [0.1, 0.15) is 17.5 Å². The first-order chi connectivity index (χ1) is 14.3. The number of rotatable bonds is 8. The molecule has 0 aliphatic carbocycles. The topological polar surface area (TPSA) is 149 Å². The molecule has 156 valence electrons. The van der Waals surface area contributed by atoms with Crippen molar-refractivity contribution in [2.24, 2.45) is 10.2 Å². The maximum absolute atomic E-state index is 12.4. The zero-order chi connectivity index (χ0) is 21.7. The SMILES string of the molecule is O=C(O)C(CCO)NS(=O)(=O)c1ccc(N=Nc2c(O)ccc3ccccc23)cc1. The van der Waals surface area contributed by atoms with Crippen molar-refractivity contribution in [2.45, 2.75) is 17.4 Å². The van der Waals surface area contributed by atoms with Crippen molar-refractivity contribution < 1.29 is 28.5 Å². The number of carbonyl (C=O) groups is 1. The van der Waals surface area contributed by atoms with Crippen LogP contribution in [-0.2, 0) is 14.8 Å². The number of aromatic hydroxyl groups is 1. The molecule has 30 heavy (non-hydrogen) atoms. The Bertz CT molecular complexity index is 1190. The molecular weight excluding hydrogens is 410 g/mol. The lowest BCUT2D eigenvalue weighted by molar-refractivity contribution is -0.139. The van der Waals surface area contributed by atoms with Gasteiger partial charge in [-0.2, -0.15) is 9.84 Å². The van der Waals surface area contributed by atoms with Crippen molar-refractivity contribution in [2.75, 3.05) is 6.61 Å². The number of nitrogens with zero attached hydrogens (tertiary/aromatic N) is 2. The van der Waals surface area contributed by atoms with Crippen LogP contribution in [0, 0.1) is 0 Å². The maximum atomic E-state index is 12.4. The summed E-state index contributed by atoms with van der Waals surface area (Å²) in [6, 6.07) is 14.5. The molecule has 9 nitrogen and oxygen atoms in total. The first kappa shape index (κ1) is 21.4. The van der Waals surface area contributed by atoms with E-state index in [4.69, 9.17) is 10.2 Å². The Hall–Kier alpha value is -3.34. The van der Waals surface area contributed by atoms with E-state index in [-0.39, 0.29) is 17.1 Å². The minimum absolute atomic E-state index is 0.0376. The van der Waals surface area contributed by atoms with E-state index in [0.717, 1.165) is 5.39 Å². The van der Waals surface area contributed by atoms with Crippen LogP contribution >= 0.6 is 0 Å². The van der Waals surface area contributed by atoms with Crippen molar-refractivity contribution >= 4 is 38.1 Å². The number of carboxylic acids is 1. The Morgan fingerprint density at radius 1 is 1.00 bits per heavy atom. The summed E-state index contributed by atoms with van der Waals surface area (Å²) in [5, 5.41) is 37.8. The van der Waals surface area contributed by atoms with Crippen LogP contribution in [0.15, 0.2) is 75.8 Å². The van der Waals surface area contributed by atoms with E-state index in [0.29, 0.717) is 16.8 Å². The van der Waals surface area contributed by atoms with Crippen LogP contribution in [0.3, 0.4) is 0 Å². The molecule has 3 rings (SSSR count). The Morgan fingerprint density at radius 3 is 2.37 bits per heavy atom. The minimum atomic E-state index is -4.10. The highest BCUT2D eigenvalue weighted by Crippen LogP contribution is 2.36.